The van der Waals surface area contributed by atoms with Crippen molar-refractivity contribution in [1.82, 2.24) is 4.90 Å². The van der Waals surface area contributed by atoms with Gasteiger partial charge in [0.15, 0.2) is 0 Å². The Morgan fingerprint density at radius 2 is 1.85 bits per heavy atom. The molecule has 1 aliphatic heterocycles. The summed E-state index contributed by atoms with van der Waals surface area (Å²) < 4.78 is 6.76. The summed E-state index contributed by atoms with van der Waals surface area (Å²) in [5.74, 6) is 0.686. The van der Waals surface area contributed by atoms with E-state index in [9.17, 15) is 19.7 Å². The Morgan fingerprint density at radius 1 is 1.12 bits per heavy atom. The second-order valence-electron chi connectivity index (χ2n) is 8.19. The second-order valence-corrected chi connectivity index (χ2v) is 10.1. The summed E-state index contributed by atoms with van der Waals surface area (Å²) in [6.45, 7) is 0.702. The fourth-order valence-corrected chi connectivity index (χ4v) is 5.28. The number of benzene rings is 2. The average Bonchev–Trinajstić information content (AvgIpc) is 3.07. The number of halogens is 1. The highest BCUT2D eigenvalue weighted by Crippen LogP contribution is 2.36. The Kier molecular flexibility index (Phi) is 7.49. The van der Waals surface area contributed by atoms with E-state index in [1.165, 1.54) is 23.5 Å². The van der Waals surface area contributed by atoms with E-state index in [1.54, 1.807) is 24.3 Å². The van der Waals surface area contributed by atoms with Crippen molar-refractivity contribution in [3.63, 3.8) is 0 Å². The molecule has 9 heteroatoms. The SMILES string of the molecule is O=C1S/C(=C/c2cc(Br)ccc2OCc2ccc([N+](=O)[O-])cc2)C(=O)N1CC1CCCCC1. The Morgan fingerprint density at radius 3 is 2.55 bits per heavy atom. The summed E-state index contributed by atoms with van der Waals surface area (Å²) >= 11 is 4.41. The molecule has 2 fully saturated rings. The lowest BCUT2D eigenvalue weighted by molar-refractivity contribution is -0.384. The number of nitro benzene ring substituents is 1. The van der Waals surface area contributed by atoms with Crippen molar-refractivity contribution in [3.8, 4) is 5.75 Å². The third-order valence-electron chi connectivity index (χ3n) is 5.84. The van der Waals surface area contributed by atoms with E-state index in [4.69, 9.17) is 4.74 Å². The molecule has 4 rings (SSSR count). The van der Waals surface area contributed by atoms with Crippen molar-refractivity contribution in [3.05, 3.63) is 73.1 Å². The molecule has 2 aliphatic rings. The van der Waals surface area contributed by atoms with E-state index in [2.05, 4.69) is 15.9 Å². The topological polar surface area (TPSA) is 89.7 Å². The predicted molar refractivity (Wildman–Crippen MR) is 131 cm³/mol. The van der Waals surface area contributed by atoms with Gasteiger partial charge >= 0.3 is 0 Å². The third kappa shape index (κ3) is 5.83. The highest BCUT2D eigenvalue weighted by Gasteiger charge is 2.36. The van der Waals surface area contributed by atoms with Gasteiger partial charge in [-0.25, -0.2) is 0 Å². The number of ether oxygens (including phenoxy) is 1. The zero-order chi connectivity index (χ0) is 23.4. The van der Waals surface area contributed by atoms with Gasteiger partial charge in [-0.3, -0.25) is 24.6 Å². The molecule has 1 aliphatic carbocycles. The van der Waals surface area contributed by atoms with Crippen molar-refractivity contribution in [2.45, 2.75) is 38.7 Å². The first kappa shape index (κ1) is 23.5. The Labute approximate surface area is 204 Å². The molecule has 0 bridgehead atoms. The van der Waals surface area contributed by atoms with Crippen molar-refractivity contribution in [2.24, 2.45) is 5.92 Å². The van der Waals surface area contributed by atoms with Crippen LogP contribution in [-0.2, 0) is 11.4 Å². The van der Waals surface area contributed by atoms with Gasteiger partial charge in [0, 0.05) is 28.7 Å². The van der Waals surface area contributed by atoms with Gasteiger partial charge < -0.3 is 4.74 Å². The molecule has 172 valence electrons. The molecule has 7 nitrogen and oxygen atoms in total. The summed E-state index contributed by atoms with van der Waals surface area (Å²) in [5, 5.41) is 10.6. The van der Waals surface area contributed by atoms with Crippen LogP contribution in [-0.4, -0.2) is 27.5 Å². The van der Waals surface area contributed by atoms with E-state index in [-0.39, 0.29) is 23.4 Å². The number of amides is 2. The van der Waals surface area contributed by atoms with Crippen molar-refractivity contribution >= 4 is 50.6 Å². The lowest BCUT2D eigenvalue weighted by atomic mass is 9.89. The fourth-order valence-electron chi connectivity index (χ4n) is 4.07. The third-order valence-corrected chi connectivity index (χ3v) is 7.24. The minimum Gasteiger partial charge on any atom is -0.488 e. The van der Waals surface area contributed by atoms with E-state index in [0.29, 0.717) is 28.7 Å². The maximum absolute atomic E-state index is 13.0. The van der Waals surface area contributed by atoms with Gasteiger partial charge in [0.25, 0.3) is 16.8 Å². The molecule has 0 radical (unpaired) electrons. The second kappa shape index (κ2) is 10.5. The van der Waals surface area contributed by atoms with E-state index in [1.807, 2.05) is 12.1 Å². The first-order chi connectivity index (χ1) is 15.9. The molecule has 0 N–H and O–H groups in total. The number of thioether (sulfide) groups is 1. The van der Waals surface area contributed by atoms with Gasteiger partial charge in [-0.2, -0.15) is 0 Å². The highest BCUT2D eigenvalue weighted by molar-refractivity contribution is 9.10. The van der Waals surface area contributed by atoms with Crippen LogP contribution in [0.5, 0.6) is 5.75 Å². The normalized spacial score (nSPS) is 18.2. The number of rotatable bonds is 7. The molecule has 33 heavy (non-hydrogen) atoms. The van der Waals surface area contributed by atoms with E-state index >= 15 is 0 Å². The molecule has 1 heterocycles. The van der Waals surface area contributed by atoms with Gasteiger partial charge in [0.05, 0.1) is 9.83 Å². The number of imide groups is 1. The van der Waals surface area contributed by atoms with Crippen LogP contribution in [0.2, 0.25) is 0 Å². The van der Waals surface area contributed by atoms with Crippen LogP contribution in [0.3, 0.4) is 0 Å². The number of non-ortho nitro benzene ring substituents is 1. The number of carbonyl (C=O) groups excluding carboxylic acids is 2. The van der Waals surface area contributed by atoms with Crippen LogP contribution >= 0.6 is 27.7 Å². The summed E-state index contributed by atoms with van der Waals surface area (Å²) in [4.78, 5) is 37.6. The van der Waals surface area contributed by atoms with E-state index < -0.39 is 4.92 Å². The first-order valence-electron chi connectivity index (χ1n) is 10.8. The van der Waals surface area contributed by atoms with Gasteiger partial charge in [-0.1, -0.05) is 35.2 Å². The van der Waals surface area contributed by atoms with Crippen molar-refractivity contribution < 1.29 is 19.2 Å². The Bertz CT molecular complexity index is 1100. The molecule has 0 unspecified atom stereocenters. The molecular formula is C24H23BrN2O5S. The fraction of sp³-hybridized carbons (Fsp3) is 0.333. The Balaban J connectivity index is 1.49. The minimum atomic E-state index is -0.446. The molecule has 2 amide bonds. The monoisotopic (exact) mass is 530 g/mol. The summed E-state index contributed by atoms with van der Waals surface area (Å²) in [7, 11) is 0. The van der Waals surface area contributed by atoms with Crippen LogP contribution in [0.25, 0.3) is 6.08 Å². The summed E-state index contributed by atoms with van der Waals surface area (Å²) in [6.07, 6.45) is 7.36. The Hall–Kier alpha value is -2.65. The van der Waals surface area contributed by atoms with Crippen molar-refractivity contribution in [1.29, 1.82) is 0 Å². The van der Waals surface area contributed by atoms with Crippen LogP contribution in [0.15, 0.2) is 51.8 Å². The molecule has 0 aromatic heterocycles. The van der Waals surface area contributed by atoms with Crippen molar-refractivity contribution in [2.75, 3.05) is 6.54 Å². The predicted octanol–water partition coefficient (Wildman–Crippen LogP) is 6.55. The number of hydrogen-bond donors (Lipinski definition) is 0. The van der Waals surface area contributed by atoms with Crippen LogP contribution < -0.4 is 4.74 Å². The zero-order valence-electron chi connectivity index (χ0n) is 17.9. The largest absolute Gasteiger partial charge is 0.488 e. The quantitative estimate of drug-likeness (QED) is 0.229. The molecule has 0 atom stereocenters. The molecule has 1 saturated heterocycles. The smallest absolute Gasteiger partial charge is 0.293 e. The highest BCUT2D eigenvalue weighted by atomic mass is 79.9. The molecule has 2 aromatic rings. The van der Waals surface area contributed by atoms with Gasteiger partial charge in [-0.15, -0.1) is 0 Å². The summed E-state index contributed by atoms with van der Waals surface area (Å²) in [5.41, 5.74) is 1.48. The van der Waals surface area contributed by atoms with Gasteiger partial charge in [-0.05, 0) is 72.5 Å². The molecule has 0 spiro atoms. The molecular weight excluding hydrogens is 508 g/mol. The first-order valence-corrected chi connectivity index (χ1v) is 12.4. The standard InChI is InChI=1S/C24H23BrN2O5S/c25-19-8-11-21(32-15-17-6-9-20(10-7-17)27(30)31)18(12-19)13-22-23(28)26(24(29)33-22)14-16-4-2-1-3-5-16/h6-13,16H,1-5,14-15H2/b22-13+. The van der Waals surface area contributed by atoms with Gasteiger partial charge in [0.2, 0.25) is 0 Å². The lowest BCUT2D eigenvalue weighted by Gasteiger charge is -2.25. The number of nitro groups is 1. The molecule has 2 aromatic carbocycles. The number of carbonyl (C=O) groups is 2. The molecule has 1 saturated carbocycles. The minimum absolute atomic E-state index is 0.0204. The van der Waals surface area contributed by atoms with Crippen LogP contribution in [0.1, 0.15) is 43.2 Å². The van der Waals surface area contributed by atoms with Crippen LogP contribution in [0, 0.1) is 16.0 Å². The zero-order valence-corrected chi connectivity index (χ0v) is 20.3. The maximum Gasteiger partial charge on any atom is 0.293 e. The van der Waals surface area contributed by atoms with E-state index in [0.717, 1.165) is 47.5 Å². The average molecular weight is 531 g/mol. The number of hydrogen-bond acceptors (Lipinski definition) is 6. The van der Waals surface area contributed by atoms with Gasteiger partial charge in [0.1, 0.15) is 12.4 Å². The summed E-state index contributed by atoms with van der Waals surface area (Å²) in [6, 6.07) is 11.6. The lowest BCUT2D eigenvalue weighted by Crippen LogP contribution is -2.34. The maximum atomic E-state index is 13.0. The number of nitrogens with zero attached hydrogens (tertiary/aromatic N) is 2. The van der Waals surface area contributed by atoms with Crippen LogP contribution in [0.4, 0.5) is 10.5 Å².